The number of hydrogen-bond acceptors (Lipinski definition) is 7. The van der Waals surface area contributed by atoms with E-state index >= 15 is 0 Å². The molecule has 38 heavy (non-hydrogen) atoms. The van der Waals surface area contributed by atoms with Gasteiger partial charge in [0.15, 0.2) is 0 Å². The molecule has 8 nitrogen and oxygen atoms in total. The first-order valence-corrected chi connectivity index (χ1v) is 13.5. The van der Waals surface area contributed by atoms with Crippen LogP contribution in [0.1, 0.15) is 15.9 Å². The lowest BCUT2D eigenvalue weighted by molar-refractivity contribution is -0.113. The summed E-state index contributed by atoms with van der Waals surface area (Å²) in [5, 5.41) is 11.8. The number of rotatable bonds is 7. The van der Waals surface area contributed by atoms with Crippen molar-refractivity contribution in [2.75, 3.05) is 42.1 Å². The van der Waals surface area contributed by atoms with E-state index in [4.69, 9.17) is 16.0 Å². The van der Waals surface area contributed by atoms with Crippen molar-refractivity contribution < 1.29 is 14.0 Å². The number of carbonyl (C=O) groups excluding carboxylic acids is 2. The maximum absolute atomic E-state index is 12.8. The van der Waals surface area contributed by atoms with Gasteiger partial charge >= 0.3 is 0 Å². The first-order chi connectivity index (χ1) is 18.4. The number of anilines is 2. The van der Waals surface area contributed by atoms with E-state index in [-0.39, 0.29) is 17.6 Å². The van der Waals surface area contributed by atoms with Gasteiger partial charge in [0.05, 0.1) is 5.75 Å². The van der Waals surface area contributed by atoms with Crippen molar-refractivity contribution in [1.29, 1.82) is 0 Å². The lowest BCUT2D eigenvalue weighted by Crippen LogP contribution is -2.48. The third kappa shape index (κ3) is 6.35. The van der Waals surface area contributed by atoms with E-state index in [1.54, 1.807) is 18.2 Å². The van der Waals surface area contributed by atoms with E-state index in [1.807, 2.05) is 66.4 Å². The fourth-order valence-electron chi connectivity index (χ4n) is 4.21. The van der Waals surface area contributed by atoms with Crippen LogP contribution in [0.15, 0.2) is 82.4 Å². The monoisotopic (exact) mass is 547 g/mol. The summed E-state index contributed by atoms with van der Waals surface area (Å²) in [4.78, 5) is 29.4. The van der Waals surface area contributed by atoms with Crippen molar-refractivity contribution >= 4 is 46.6 Å². The zero-order chi connectivity index (χ0) is 26.5. The van der Waals surface area contributed by atoms with Gasteiger partial charge in [-0.15, -0.1) is 10.2 Å². The summed E-state index contributed by atoms with van der Waals surface area (Å²) < 4.78 is 5.63. The van der Waals surface area contributed by atoms with E-state index in [2.05, 4.69) is 20.4 Å². The number of carbonyl (C=O) groups is 2. The molecule has 1 aliphatic heterocycles. The van der Waals surface area contributed by atoms with Gasteiger partial charge in [-0.25, -0.2) is 0 Å². The number of thioether (sulfide) groups is 1. The second kappa shape index (κ2) is 11.7. The van der Waals surface area contributed by atoms with Crippen LogP contribution >= 0.6 is 23.4 Å². The molecule has 10 heteroatoms. The van der Waals surface area contributed by atoms with E-state index in [9.17, 15) is 9.59 Å². The number of piperazine rings is 1. The number of nitrogens with zero attached hydrogens (tertiary/aromatic N) is 4. The number of nitrogens with one attached hydrogen (secondary N) is 1. The van der Waals surface area contributed by atoms with Crippen LogP contribution in [0, 0.1) is 6.92 Å². The van der Waals surface area contributed by atoms with Crippen LogP contribution in [0.5, 0.6) is 0 Å². The highest BCUT2D eigenvalue weighted by molar-refractivity contribution is 7.99. The number of benzene rings is 3. The Bertz CT molecular complexity index is 1430. The molecule has 0 radical (unpaired) electrons. The van der Waals surface area contributed by atoms with Crippen LogP contribution < -0.4 is 10.2 Å². The summed E-state index contributed by atoms with van der Waals surface area (Å²) in [6.07, 6.45) is 0. The van der Waals surface area contributed by atoms with E-state index in [1.165, 1.54) is 11.8 Å². The third-order valence-electron chi connectivity index (χ3n) is 6.15. The molecule has 2 heterocycles. The average Bonchev–Trinajstić information content (AvgIpc) is 3.41. The maximum atomic E-state index is 12.8. The standard InChI is InChI=1S/C28H26ClN5O3S/c1-19-4-2-6-21(16-19)27(36)34-14-12-33(13-15-34)24-10-8-23(9-11-24)30-25(35)18-38-28-32-31-26(37-28)20-5-3-7-22(29)17-20/h2-11,16-17H,12-15,18H2,1H3,(H,30,35). The highest BCUT2D eigenvalue weighted by Gasteiger charge is 2.22. The molecule has 0 bridgehead atoms. The fourth-order valence-corrected chi connectivity index (χ4v) is 4.97. The zero-order valence-corrected chi connectivity index (χ0v) is 22.3. The molecule has 4 aromatic rings. The van der Waals surface area contributed by atoms with Gasteiger partial charge in [0.25, 0.3) is 11.1 Å². The molecule has 1 aromatic heterocycles. The minimum absolute atomic E-state index is 0.0745. The lowest BCUT2D eigenvalue weighted by atomic mass is 10.1. The predicted molar refractivity (Wildman–Crippen MR) is 150 cm³/mol. The van der Waals surface area contributed by atoms with E-state index in [0.717, 1.165) is 35.5 Å². The fraction of sp³-hybridized carbons (Fsp3) is 0.214. The first-order valence-electron chi connectivity index (χ1n) is 12.2. The Morgan fingerprint density at radius 3 is 2.47 bits per heavy atom. The molecule has 0 atom stereocenters. The van der Waals surface area contributed by atoms with E-state index in [0.29, 0.717) is 34.9 Å². The highest BCUT2D eigenvalue weighted by Crippen LogP contribution is 2.26. The van der Waals surface area contributed by atoms with Crippen LogP contribution in [0.25, 0.3) is 11.5 Å². The van der Waals surface area contributed by atoms with Gasteiger partial charge in [-0.2, -0.15) is 0 Å². The van der Waals surface area contributed by atoms with Crippen molar-refractivity contribution in [3.8, 4) is 11.5 Å². The minimum atomic E-state index is -0.173. The van der Waals surface area contributed by atoms with Gasteiger partial charge in [0, 0.05) is 53.7 Å². The first kappa shape index (κ1) is 25.8. The maximum Gasteiger partial charge on any atom is 0.277 e. The van der Waals surface area contributed by atoms with Gasteiger partial charge in [0.2, 0.25) is 11.8 Å². The summed E-state index contributed by atoms with van der Waals surface area (Å²) in [7, 11) is 0. The van der Waals surface area contributed by atoms with Crippen molar-refractivity contribution in [3.63, 3.8) is 0 Å². The Morgan fingerprint density at radius 1 is 0.974 bits per heavy atom. The Labute approximate surface area is 230 Å². The molecule has 194 valence electrons. The summed E-state index contributed by atoms with van der Waals surface area (Å²) in [6, 6.07) is 22.6. The van der Waals surface area contributed by atoms with Crippen molar-refractivity contribution in [2.45, 2.75) is 12.1 Å². The number of aryl methyl sites for hydroxylation is 1. The smallest absolute Gasteiger partial charge is 0.277 e. The molecular formula is C28H26ClN5O3S. The normalized spacial score (nSPS) is 13.4. The van der Waals surface area contributed by atoms with Crippen molar-refractivity contribution in [3.05, 3.63) is 88.9 Å². The zero-order valence-electron chi connectivity index (χ0n) is 20.8. The summed E-state index contributed by atoms with van der Waals surface area (Å²) in [5.74, 6) is 0.390. The molecule has 0 unspecified atom stereocenters. The molecule has 0 saturated carbocycles. The molecule has 0 aliphatic carbocycles. The van der Waals surface area contributed by atoms with Crippen molar-refractivity contribution in [2.24, 2.45) is 0 Å². The third-order valence-corrected chi connectivity index (χ3v) is 7.21. The van der Waals surface area contributed by atoms with Gasteiger partial charge in [0.1, 0.15) is 0 Å². The second-order valence-corrected chi connectivity index (χ2v) is 10.3. The molecule has 5 rings (SSSR count). The van der Waals surface area contributed by atoms with Crippen LogP contribution in [0.2, 0.25) is 5.02 Å². The van der Waals surface area contributed by atoms with Gasteiger partial charge in [-0.1, -0.05) is 47.1 Å². The van der Waals surface area contributed by atoms with Gasteiger partial charge in [-0.3, -0.25) is 9.59 Å². The molecule has 2 amide bonds. The molecule has 3 aromatic carbocycles. The van der Waals surface area contributed by atoms with E-state index < -0.39 is 0 Å². The highest BCUT2D eigenvalue weighted by atomic mass is 35.5. The number of halogens is 1. The minimum Gasteiger partial charge on any atom is -0.411 e. The predicted octanol–water partition coefficient (Wildman–Crippen LogP) is 5.39. The quantitative estimate of drug-likeness (QED) is 0.310. The van der Waals surface area contributed by atoms with Crippen LogP contribution in [-0.2, 0) is 4.79 Å². The molecular weight excluding hydrogens is 522 g/mol. The summed E-state index contributed by atoms with van der Waals surface area (Å²) in [5.41, 5.74) is 4.30. The molecule has 1 fully saturated rings. The Morgan fingerprint density at radius 2 is 1.74 bits per heavy atom. The number of amides is 2. The molecule has 1 N–H and O–H groups in total. The summed E-state index contributed by atoms with van der Waals surface area (Å²) >= 11 is 7.18. The van der Waals surface area contributed by atoms with Crippen LogP contribution in [-0.4, -0.2) is 58.8 Å². The average molecular weight is 548 g/mol. The Balaban J connectivity index is 1.09. The number of aromatic nitrogens is 2. The lowest BCUT2D eigenvalue weighted by Gasteiger charge is -2.36. The van der Waals surface area contributed by atoms with Crippen LogP contribution in [0.4, 0.5) is 11.4 Å². The topological polar surface area (TPSA) is 91.6 Å². The molecule has 1 saturated heterocycles. The second-order valence-electron chi connectivity index (χ2n) is 8.92. The molecule has 1 aliphatic rings. The van der Waals surface area contributed by atoms with Crippen LogP contribution in [0.3, 0.4) is 0 Å². The Kier molecular flexibility index (Phi) is 7.95. The van der Waals surface area contributed by atoms with Crippen molar-refractivity contribution in [1.82, 2.24) is 15.1 Å². The van der Waals surface area contributed by atoms with Gasteiger partial charge < -0.3 is 19.5 Å². The summed E-state index contributed by atoms with van der Waals surface area (Å²) in [6.45, 7) is 4.82. The number of hydrogen-bond donors (Lipinski definition) is 1. The van der Waals surface area contributed by atoms with Gasteiger partial charge in [-0.05, 0) is 61.5 Å². The SMILES string of the molecule is Cc1cccc(C(=O)N2CCN(c3ccc(NC(=O)CSc4nnc(-c5cccc(Cl)c5)o4)cc3)CC2)c1. The molecule has 0 spiro atoms. The largest absolute Gasteiger partial charge is 0.411 e. The Hall–Kier alpha value is -3.82.